The van der Waals surface area contributed by atoms with Crippen molar-refractivity contribution in [1.82, 2.24) is 0 Å². The van der Waals surface area contributed by atoms with Crippen LogP contribution >= 0.6 is 7.92 Å². The third-order valence-electron chi connectivity index (χ3n) is 9.19. The Morgan fingerprint density at radius 1 is 0.289 bits per heavy atom. The summed E-state index contributed by atoms with van der Waals surface area (Å²) in [7, 11) is -0.783. The van der Waals surface area contributed by atoms with Crippen LogP contribution in [-0.2, 0) is 0 Å². The van der Waals surface area contributed by atoms with Gasteiger partial charge in [0.05, 0.1) is 0 Å². The molecule has 0 radical (unpaired) electrons. The van der Waals surface area contributed by atoms with Gasteiger partial charge in [-0.15, -0.1) is 0 Å². The molecule has 0 aromatic heterocycles. The van der Waals surface area contributed by atoms with Crippen molar-refractivity contribution in [2.45, 2.75) is 0 Å². The molecule has 0 unspecified atom stereocenters. The molecule has 0 saturated heterocycles. The fraction of sp³-hybridized carbons (Fsp3) is 0. The van der Waals surface area contributed by atoms with Crippen molar-refractivity contribution in [3.63, 3.8) is 0 Å². The van der Waals surface area contributed by atoms with Crippen molar-refractivity contribution in [3.05, 3.63) is 176 Å². The van der Waals surface area contributed by atoms with Crippen molar-refractivity contribution < 1.29 is 0 Å². The van der Waals surface area contributed by atoms with E-state index in [9.17, 15) is 0 Å². The minimum absolute atomic E-state index is 0.783. The van der Waals surface area contributed by atoms with Gasteiger partial charge in [-0.05, 0) is 102 Å². The molecule has 0 N–H and O–H groups in total. The Morgan fingerprint density at radius 3 is 1.38 bits per heavy atom. The van der Waals surface area contributed by atoms with E-state index in [1.807, 2.05) is 0 Å². The average molecular weight is 589 g/mol. The standard InChI is InChI=1S/C44H29P/c1-3-10-30(11-4-1)32-18-23-35(24-19-32)45(36-25-20-33(21-26-36)31-12-5-2-6-13-31)37-27-22-34-28-43-39-15-8-7-14-38(39)40-16-9-17-41(44(40)43)42(34)29-37/h1-29H. The highest BCUT2D eigenvalue weighted by atomic mass is 31.1. The zero-order valence-electron chi connectivity index (χ0n) is 24.7. The molecule has 0 amide bonds. The quantitative estimate of drug-likeness (QED) is 0.139. The van der Waals surface area contributed by atoms with E-state index in [-0.39, 0.29) is 0 Å². The summed E-state index contributed by atoms with van der Waals surface area (Å²) in [5, 5.41) is 9.43. The van der Waals surface area contributed by atoms with Crippen LogP contribution in [0.3, 0.4) is 0 Å². The molecule has 8 aromatic rings. The Balaban J connectivity index is 1.21. The first-order valence-corrected chi connectivity index (χ1v) is 16.9. The van der Waals surface area contributed by atoms with Gasteiger partial charge in [0.15, 0.2) is 0 Å². The van der Waals surface area contributed by atoms with Gasteiger partial charge in [0.25, 0.3) is 0 Å². The van der Waals surface area contributed by atoms with E-state index in [4.69, 9.17) is 0 Å². The number of benzene rings is 8. The van der Waals surface area contributed by atoms with Crippen LogP contribution < -0.4 is 15.9 Å². The maximum absolute atomic E-state index is 2.48. The van der Waals surface area contributed by atoms with E-state index < -0.39 is 7.92 Å². The lowest BCUT2D eigenvalue weighted by molar-refractivity contribution is 1.63. The highest BCUT2D eigenvalue weighted by Gasteiger charge is 2.23. The molecule has 0 fully saturated rings. The van der Waals surface area contributed by atoms with Crippen molar-refractivity contribution in [2.24, 2.45) is 0 Å². The lowest BCUT2D eigenvalue weighted by Gasteiger charge is -2.21. The van der Waals surface area contributed by atoms with Gasteiger partial charge >= 0.3 is 0 Å². The van der Waals surface area contributed by atoms with Gasteiger partial charge in [-0.25, -0.2) is 0 Å². The van der Waals surface area contributed by atoms with Crippen LogP contribution in [0.1, 0.15) is 0 Å². The van der Waals surface area contributed by atoms with Crippen molar-refractivity contribution >= 4 is 45.4 Å². The molecule has 210 valence electrons. The van der Waals surface area contributed by atoms with Crippen LogP contribution in [-0.4, -0.2) is 0 Å². The first-order chi connectivity index (χ1) is 22.3. The Labute approximate surface area is 265 Å². The molecule has 1 aliphatic rings. The first kappa shape index (κ1) is 26.1. The van der Waals surface area contributed by atoms with E-state index in [0.717, 1.165) is 0 Å². The molecule has 0 saturated carbocycles. The maximum Gasteiger partial charge on any atom is -0.00199 e. The minimum Gasteiger partial charge on any atom is -0.0622 e. The van der Waals surface area contributed by atoms with Gasteiger partial charge in [0.2, 0.25) is 0 Å². The molecule has 1 aliphatic carbocycles. The highest BCUT2D eigenvalue weighted by Crippen LogP contribution is 2.49. The van der Waals surface area contributed by atoms with Gasteiger partial charge in [-0.3, -0.25) is 0 Å². The van der Waals surface area contributed by atoms with Crippen molar-refractivity contribution in [2.75, 3.05) is 0 Å². The predicted octanol–water partition coefficient (Wildman–Crippen LogP) is 10.7. The second kappa shape index (κ2) is 10.7. The summed E-state index contributed by atoms with van der Waals surface area (Å²) in [4.78, 5) is 0. The summed E-state index contributed by atoms with van der Waals surface area (Å²) in [5.41, 5.74) is 10.4. The summed E-state index contributed by atoms with van der Waals surface area (Å²) < 4.78 is 0. The normalized spacial score (nSPS) is 11.8. The molecule has 45 heavy (non-hydrogen) atoms. The summed E-state index contributed by atoms with van der Waals surface area (Å²) >= 11 is 0. The monoisotopic (exact) mass is 588 g/mol. The van der Waals surface area contributed by atoms with Gasteiger partial charge in [-0.2, -0.15) is 0 Å². The third-order valence-corrected chi connectivity index (χ3v) is 11.6. The van der Waals surface area contributed by atoms with Crippen LogP contribution in [0.25, 0.3) is 66.1 Å². The number of fused-ring (bicyclic) bond motifs is 5. The molecule has 0 spiro atoms. The van der Waals surface area contributed by atoms with Gasteiger partial charge in [0.1, 0.15) is 0 Å². The maximum atomic E-state index is 2.48. The van der Waals surface area contributed by atoms with E-state index >= 15 is 0 Å². The summed E-state index contributed by atoms with van der Waals surface area (Å²) in [6.45, 7) is 0. The summed E-state index contributed by atoms with van der Waals surface area (Å²) in [5.74, 6) is 0. The van der Waals surface area contributed by atoms with E-state index in [2.05, 4.69) is 176 Å². The Morgan fingerprint density at radius 2 is 0.778 bits per heavy atom. The SMILES string of the molecule is c1ccc(-c2ccc(P(c3ccc(-c4ccccc4)cc3)c3ccc4cc5c6c(cccc6c4c3)-c3ccccc3-5)cc2)cc1. The van der Waals surface area contributed by atoms with Crippen LogP contribution in [0.5, 0.6) is 0 Å². The third kappa shape index (κ3) is 4.41. The largest absolute Gasteiger partial charge is 0.0622 e. The van der Waals surface area contributed by atoms with Crippen LogP contribution in [0.2, 0.25) is 0 Å². The molecule has 1 heteroatoms. The van der Waals surface area contributed by atoms with E-state index in [0.29, 0.717) is 0 Å². The van der Waals surface area contributed by atoms with Crippen LogP contribution in [0.4, 0.5) is 0 Å². The fourth-order valence-electron chi connectivity index (χ4n) is 7.04. The fourth-order valence-corrected chi connectivity index (χ4v) is 9.31. The summed E-state index contributed by atoms with van der Waals surface area (Å²) in [6, 6.07) is 65.1. The molecular formula is C44H29P. The van der Waals surface area contributed by atoms with Crippen molar-refractivity contribution in [3.8, 4) is 44.5 Å². The second-order valence-corrected chi connectivity index (χ2v) is 14.0. The highest BCUT2D eigenvalue weighted by molar-refractivity contribution is 7.79. The molecule has 0 bridgehead atoms. The van der Waals surface area contributed by atoms with E-state index in [1.54, 1.807) is 0 Å². The van der Waals surface area contributed by atoms with Crippen molar-refractivity contribution in [1.29, 1.82) is 0 Å². The second-order valence-electron chi connectivity index (χ2n) is 11.8. The minimum atomic E-state index is -0.783. The first-order valence-electron chi connectivity index (χ1n) is 15.5. The van der Waals surface area contributed by atoms with E-state index in [1.165, 1.54) is 82.0 Å². The van der Waals surface area contributed by atoms with Gasteiger partial charge in [0, 0.05) is 0 Å². The summed E-state index contributed by atoms with van der Waals surface area (Å²) in [6.07, 6.45) is 0. The number of hydrogen-bond donors (Lipinski definition) is 0. The topological polar surface area (TPSA) is 0 Å². The van der Waals surface area contributed by atoms with Gasteiger partial charge < -0.3 is 0 Å². The smallest absolute Gasteiger partial charge is 0.00199 e. The number of hydrogen-bond acceptors (Lipinski definition) is 0. The molecule has 0 heterocycles. The zero-order valence-corrected chi connectivity index (χ0v) is 25.6. The molecule has 0 aliphatic heterocycles. The lowest BCUT2D eigenvalue weighted by Crippen LogP contribution is -2.20. The Hall–Kier alpha value is -5.29. The number of rotatable bonds is 5. The Bertz CT molecular complexity index is 2250. The zero-order chi connectivity index (χ0) is 29.7. The predicted molar refractivity (Wildman–Crippen MR) is 195 cm³/mol. The average Bonchev–Trinajstić information content (AvgIpc) is 3.44. The Kier molecular flexibility index (Phi) is 6.22. The van der Waals surface area contributed by atoms with Gasteiger partial charge in [-0.1, -0.05) is 164 Å². The molecule has 0 atom stereocenters. The molecular weight excluding hydrogens is 559 g/mol. The van der Waals surface area contributed by atoms with Crippen LogP contribution in [0, 0.1) is 0 Å². The molecule has 9 rings (SSSR count). The molecule has 8 aromatic carbocycles. The lowest BCUT2D eigenvalue weighted by atomic mass is 9.96. The molecule has 0 nitrogen and oxygen atoms in total. The van der Waals surface area contributed by atoms with Crippen LogP contribution in [0.15, 0.2) is 176 Å².